The minimum atomic E-state index is -0.349. The first-order valence-corrected chi connectivity index (χ1v) is 8.47. The lowest BCUT2D eigenvalue weighted by Crippen LogP contribution is -2.29. The molecule has 1 aromatic rings. The molecule has 0 aliphatic carbocycles. The molecule has 0 N–H and O–H groups in total. The molecule has 2 atom stereocenters. The molecule has 1 saturated heterocycles. The van der Waals surface area contributed by atoms with E-state index in [1.54, 1.807) is 11.8 Å². The van der Waals surface area contributed by atoms with Crippen molar-refractivity contribution in [3.05, 3.63) is 29.3 Å². The molecule has 108 valence electrons. The van der Waals surface area contributed by atoms with E-state index in [2.05, 4.69) is 39.5 Å². The summed E-state index contributed by atoms with van der Waals surface area (Å²) < 4.78 is 6.32. The smallest absolute Gasteiger partial charge is 0.176 e. The van der Waals surface area contributed by atoms with Crippen molar-refractivity contribution >= 4 is 30.2 Å². The van der Waals surface area contributed by atoms with Crippen LogP contribution in [-0.2, 0) is 11.2 Å². The number of hydrogen-bond acceptors (Lipinski definition) is 4. The summed E-state index contributed by atoms with van der Waals surface area (Å²) in [5.74, 6) is 2.27. The van der Waals surface area contributed by atoms with Crippen molar-refractivity contribution in [1.82, 2.24) is 0 Å². The standard InChI is InChI=1S/C16H20O2S2/c1-10(9-19)12-5-4-6-14-13(12)7-11(17)8-16(18-14)15(2,3)20-16/h4-6,10,19H,7-9H2,1-3H3. The zero-order chi connectivity index (χ0) is 14.5. The van der Waals surface area contributed by atoms with Gasteiger partial charge in [0.05, 0.1) is 11.2 Å². The molecule has 1 fully saturated rings. The zero-order valence-corrected chi connectivity index (χ0v) is 13.8. The van der Waals surface area contributed by atoms with E-state index in [1.807, 2.05) is 12.1 Å². The SMILES string of the molecule is CC(CS)c1cccc2c1CC(=O)CC1(O2)SC1(C)C. The molecule has 20 heavy (non-hydrogen) atoms. The van der Waals surface area contributed by atoms with E-state index in [1.165, 1.54) is 5.56 Å². The lowest BCUT2D eigenvalue weighted by atomic mass is 9.92. The Bertz CT molecular complexity index is 568. The third-order valence-electron chi connectivity index (χ3n) is 4.35. The van der Waals surface area contributed by atoms with Crippen LogP contribution in [0.15, 0.2) is 18.2 Å². The molecule has 2 aliphatic rings. The molecule has 2 aliphatic heterocycles. The number of ether oxygens (including phenoxy) is 1. The van der Waals surface area contributed by atoms with Gasteiger partial charge in [-0.15, -0.1) is 11.8 Å². The number of thioether (sulfide) groups is 1. The minimum Gasteiger partial charge on any atom is -0.474 e. The average molecular weight is 308 g/mol. The summed E-state index contributed by atoms with van der Waals surface area (Å²) in [6.07, 6.45) is 0.996. The fourth-order valence-corrected chi connectivity index (χ4v) is 4.39. The lowest BCUT2D eigenvalue weighted by molar-refractivity contribution is -0.119. The number of Topliss-reactive ketones (excluding diaryl/α,β-unsaturated/α-hetero) is 1. The number of thiol groups is 1. The minimum absolute atomic E-state index is 0.0233. The predicted octanol–water partition coefficient (Wildman–Crippen LogP) is 3.84. The second-order valence-electron chi connectivity index (χ2n) is 6.27. The van der Waals surface area contributed by atoms with Gasteiger partial charge in [0.1, 0.15) is 11.5 Å². The van der Waals surface area contributed by atoms with Gasteiger partial charge < -0.3 is 4.74 Å². The maximum absolute atomic E-state index is 12.3. The van der Waals surface area contributed by atoms with Gasteiger partial charge in [-0.3, -0.25) is 4.79 Å². The van der Waals surface area contributed by atoms with Gasteiger partial charge in [0, 0.05) is 12.0 Å². The summed E-state index contributed by atoms with van der Waals surface area (Å²) in [6, 6.07) is 6.12. The highest BCUT2D eigenvalue weighted by Crippen LogP contribution is 2.66. The second-order valence-corrected chi connectivity index (χ2v) is 8.52. The first kappa shape index (κ1) is 14.3. The molecular formula is C16H20O2S2. The van der Waals surface area contributed by atoms with Gasteiger partial charge >= 0.3 is 0 Å². The van der Waals surface area contributed by atoms with E-state index in [0.717, 1.165) is 17.1 Å². The quantitative estimate of drug-likeness (QED) is 0.664. The number of carbonyl (C=O) groups excluding carboxylic acids is 1. The maximum Gasteiger partial charge on any atom is 0.176 e. The Labute approximate surface area is 130 Å². The highest BCUT2D eigenvalue weighted by atomic mass is 32.2. The number of fused-ring (bicyclic) bond motifs is 1. The van der Waals surface area contributed by atoms with Crippen LogP contribution in [0.25, 0.3) is 0 Å². The van der Waals surface area contributed by atoms with Gasteiger partial charge in [0.15, 0.2) is 4.93 Å². The van der Waals surface area contributed by atoms with Crippen LogP contribution in [0.1, 0.15) is 44.2 Å². The topological polar surface area (TPSA) is 26.3 Å². The molecule has 1 aromatic carbocycles. The Morgan fingerprint density at radius 2 is 2.15 bits per heavy atom. The average Bonchev–Trinajstić information content (AvgIpc) is 2.95. The van der Waals surface area contributed by atoms with Crippen molar-refractivity contribution < 1.29 is 9.53 Å². The highest BCUT2D eigenvalue weighted by Gasteiger charge is 2.67. The number of benzene rings is 1. The molecule has 2 unspecified atom stereocenters. The zero-order valence-electron chi connectivity index (χ0n) is 12.1. The van der Waals surface area contributed by atoms with Crippen LogP contribution in [0.2, 0.25) is 0 Å². The van der Waals surface area contributed by atoms with Gasteiger partial charge in [-0.1, -0.05) is 19.1 Å². The molecular weight excluding hydrogens is 288 g/mol. The number of carbonyl (C=O) groups is 1. The molecule has 0 bridgehead atoms. The molecule has 2 heterocycles. The van der Waals surface area contributed by atoms with Gasteiger partial charge in [0.25, 0.3) is 0 Å². The third-order valence-corrected chi connectivity index (χ3v) is 6.60. The molecule has 0 amide bonds. The Morgan fingerprint density at radius 3 is 2.75 bits per heavy atom. The van der Waals surface area contributed by atoms with Crippen molar-refractivity contribution in [3.63, 3.8) is 0 Å². The molecule has 4 heteroatoms. The Hall–Kier alpha value is -0.610. The summed E-state index contributed by atoms with van der Waals surface area (Å²) in [4.78, 5) is 12.0. The third kappa shape index (κ3) is 2.17. The largest absolute Gasteiger partial charge is 0.474 e. The molecule has 3 rings (SSSR count). The van der Waals surface area contributed by atoms with E-state index in [4.69, 9.17) is 4.74 Å². The molecule has 0 aromatic heterocycles. The van der Waals surface area contributed by atoms with Crippen LogP contribution in [0, 0.1) is 0 Å². The van der Waals surface area contributed by atoms with Crippen LogP contribution in [0.4, 0.5) is 0 Å². The Kier molecular flexibility index (Phi) is 3.37. The number of rotatable bonds is 2. The monoisotopic (exact) mass is 308 g/mol. The number of ketones is 1. The first-order valence-electron chi connectivity index (χ1n) is 7.02. The van der Waals surface area contributed by atoms with E-state index in [9.17, 15) is 4.79 Å². The van der Waals surface area contributed by atoms with Crippen molar-refractivity contribution in [2.45, 2.75) is 49.2 Å². The van der Waals surface area contributed by atoms with E-state index in [0.29, 0.717) is 18.8 Å². The first-order chi connectivity index (χ1) is 9.38. The highest BCUT2D eigenvalue weighted by molar-refractivity contribution is 8.09. The van der Waals surface area contributed by atoms with E-state index in [-0.39, 0.29) is 15.5 Å². The Balaban J connectivity index is 2.04. The normalized spacial score (nSPS) is 28.5. The fourth-order valence-electron chi connectivity index (χ4n) is 2.94. The van der Waals surface area contributed by atoms with Gasteiger partial charge in [0.2, 0.25) is 0 Å². The summed E-state index contributed by atoms with van der Waals surface area (Å²) in [5.41, 5.74) is 2.27. The van der Waals surface area contributed by atoms with Crippen molar-refractivity contribution in [2.75, 3.05) is 5.75 Å². The maximum atomic E-state index is 12.3. The van der Waals surface area contributed by atoms with Crippen LogP contribution >= 0.6 is 24.4 Å². The summed E-state index contributed by atoms with van der Waals surface area (Å²) >= 11 is 6.15. The van der Waals surface area contributed by atoms with Crippen LogP contribution in [-0.4, -0.2) is 21.2 Å². The fraction of sp³-hybridized carbons (Fsp3) is 0.562. The van der Waals surface area contributed by atoms with Crippen molar-refractivity contribution in [3.8, 4) is 5.75 Å². The van der Waals surface area contributed by atoms with Crippen molar-refractivity contribution in [2.24, 2.45) is 0 Å². The van der Waals surface area contributed by atoms with Gasteiger partial charge in [-0.2, -0.15) is 12.6 Å². The molecule has 1 spiro atoms. The van der Waals surface area contributed by atoms with Crippen LogP contribution < -0.4 is 4.74 Å². The Morgan fingerprint density at radius 1 is 1.45 bits per heavy atom. The molecule has 0 radical (unpaired) electrons. The second kappa shape index (κ2) is 4.70. The van der Waals surface area contributed by atoms with E-state index < -0.39 is 0 Å². The van der Waals surface area contributed by atoms with Crippen LogP contribution in [0.5, 0.6) is 5.75 Å². The number of hydrogen-bond donors (Lipinski definition) is 1. The lowest BCUT2D eigenvalue weighted by Gasteiger charge is -2.20. The molecule has 0 saturated carbocycles. The molecule has 2 nitrogen and oxygen atoms in total. The van der Waals surface area contributed by atoms with Gasteiger partial charge in [-0.05, 0) is 37.1 Å². The van der Waals surface area contributed by atoms with Crippen molar-refractivity contribution in [1.29, 1.82) is 0 Å². The predicted molar refractivity (Wildman–Crippen MR) is 87.1 cm³/mol. The summed E-state index contributed by atoms with van der Waals surface area (Å²) in [6.45, 7) is 6.44. The summed E-state index contributed by atoms with van der Waals surface area (Å²) in [5, 5.41) is 0. The van der Waals surface area contributed by atoms with E-state index >= 15 is 0 Å². The van der Waals surface area contributed by atoms with Crippen LogP contribution in [0.3, 0.4) is 0 Å². The van der Waals surface area contributed by atoms with Gasteiger partial charge in [-0.25, -0.2) is 0 Å². The summed E-state index contributed by atoms with van der Waals surface area (Å²) in [7, 11) is 0.